The topological polar surface area (TPSA) is 43.6 Å². The standard InChI is InChI=1S/C12H12N2O2/c1-4-9-5-10(12(15)16-3)11-13-6-8(2)14(11)7-9/h4-7H,1H2,2-3H3. The van der Waals surface area contributed by atoms with Crippen molar-refractivity contribution >= 4 is 17.7 Å². The van der Waals surface area contributed by atoms with E-state index in [-0.39, 0.29) is 5.97 Å². The number of ether oxygens (including phenoxy) is 1. The van der Waals surface area contributed by atoms with Crippen LogP contribution >= 0.6 is 0 Å². The fraction of sp³-hybridized carbons (Fsp3) is 0.167. The number of hydrogen-bond acceptors (Lipinski definition) is 3. The third-order valence-corrected chi connectivity index (χ3v) is 2.45. The molecule has 0 aliphatic rings. The van der Waals surface area contributed by atoms with E-state index in [1.165, 1.54) is 7.11 Å². The van der Waals surface area contributed by atoms with Gasteiger partial charge in [-0.3, -0.25) is 0 Å². The summed E-state index contributed by atoms with van der Waals surface area (Å²) in [5.74, 6) is -0.390. The summed E-state index contributed by atoms with van der Waals surface area (Å²) in [4.78, 5) is 15.8. The average Bonchev–Trinajstić information content (AvgIpc) is 2.69. The van der Waals surface area contributed by atoms with E-state index in [9.17, 15) is 4.79 Å². The highest BCUT2D eigenvalue weighted by Crippen LogP contribution is 2.16. The number of aryl methyl sites for hydroxylation is 1. The maximum Gasteiger partial charge on any atom is 0.341 e. The molecule has 0 radical (unpaired) electrons. The second-order valence-electron chi connectivity index (χ2n) is 3.48. The van der Waals surface area contributed by atoms with Crippen molar-refractivity contribution < 1.29 is 9.53 Å². The maximum atomic E-state index is 11.6. The third kappa shape index (κ3) is 1.48. The first-order chi connectivity index (χ1) is 7.67. The van der Waals surface area contributed by atoms with E-state index < -0.39 is 0 Å². The lowest BCUT2D eigenvalue weighted by atomic mass is 10.2. The maximum absolute atomic E-state index is 11.6. The van der Waals surface area contributed by atoms with Gasteiger partial charge in [0, 0.05) is 18.1 Å². The second kappa shape index (κ2) is 3.81. The smallest absolute Gasteiger partial charge is 0.341 e. The summed E-state index contributed by atoms with van der Waals surface area (Å²) < 4.78 is 6.58. The molecule has 0 fully saturated rings. The van der Waals surface area contributed by atoms with Crippen molar-refractivity contribution in [2.24, 2.45) is 0 Å². The molecule has 0 atom stereocenters. The molecule has 0 bridgehead atoms. The molecule has 0 aliphatic heterocycles. The van der Waals surface area contributed by atoms with Crippen LogP contribution in [0.1, 0.15) is 21.6 Å². The van der Waals surface area contributed by atoms with Crippen LogP contribution in [0.5, 0.6) is 0 Å². The summed E-state index contributed by atoms with van der Waals surface area (Å²) in [6.45, 7) is 5.62. The summed E-state index contributed by atoms with van der Waals surface area (Å²) in [6.07, 6.45) is 5.29. The highest BCUT2D eigenvalue weighted by Gasteiger charge is 2.14. The van der Waals surface area contributed by atoms with Gasteiger partial charge in [-0.2, -0.15) is 0 Å². The van der Waals surface area contributed by atoms with E-state index in [0.717, 1.165) is 11.3 Å². The number of hydrogen-bond donors (Lipinski definition) is 0. The lowest BCUT2D eigenvalue weighted by Crippen LogP contribution is -2.05. The van der Waals surface area contributed by atoms with Gasteiger partial charge in [0.05, 0.1) is 7.11 Å². The molecule has 4 heteroatoms. The van der Waals surface area contributed by atoms with E-state index in [4.69, 9.17) is 4.74 Å². The zero-order chi connectivity index (χ0) is 11.7. The predicted octanol–water partition coefficient (Wildman–Crippen LogP) is 2.07. The van der Waals surface area contributed by atoms with E-state index in [1.54, 1.807) is 18.3 Å². The molecule has 0 saturated heterocycles. The van der Waals surface area contributed by atoms with E-state index in [0.29, 0.717) is 11.2 Å². The van der Waals surface area contributed by atoms with Crippen molar-refractivity contribution in [2.75, 3.05) is 7.11 Å². The first kappa shape index (κ1) is 10.4. The number of methoxy groups -OCH3 is 1. The Kier molecular flexibility index (Phi) is 2.48. The minimum Gasteiger partial charge on any atom is -0.465 e. The van der Waals surface area contributed by atoms with Crippen LogP contribution in [0.2, 0.25) is 0 Å². The fourth-order valence-corrected chi connectivity index (χ4v) is 1.60. The van der Waals surface area contributed by atoms with Gasteiger partial charge in [0.25, 0.3) is 0 Å². The van der Waals surface area contributed by atoms with Gasteiger partial charge < -0.3 is 9.14 Å². The Hall–Kier alpha value is -2.10. The van der Waals surface area contributed by atoms with Crippen LogP contribution in [0.25, 0.3) is 11.7 Å². The summed E-state index contributed by atoms with van der Waals surface area (Å²) in [7, 11) is 1.36. The number of imidazole rings is 1. The molecular formula is C12H12N2O2. The van der Waals surface area contributed by atoms with Crippen molar-refractivity contribution in [3.8, 4) is 0 Å². The summed E-state index contributed by atoms with van der Waals surface area (Å²) >= 11 is 0. The van der Waals surface area contributed by atoms with Crippen LogP contribution in [0, 0.1) is 6.92 Å². The molecule has 0 saturated carbocycles. The number of carbonyl (C=O) groups excluding carboxylic acids is 1. The van der Waals surface area contributed by atoms with Gasteiger partial charge >= 0.3 is 5.97 Å². The molecule has 2 rings (SSSR count). The molecule has 16 heavy (non-hydrogen) atoms. The van der Waals surface area contributed by atoms with Gasteiger partial charge in [-0.15, -0.1) is 0 Å². The zero-order valence-electron chi connectivity index (χ0n) is 9.23. The Morgan fingerprint density at radius 2 is 2.38 bits per heavy atom. The van der Waals surface area contributed by atoms with E-state index in [2.05, 4.69) is 11.6 Å². The van der Waals surface area contributed by atoms with Crippen LogP contribution in [-0.2, 0) is 4.74 Å². The highest BCUT2D eigenvalue weighted by molar-refractivity contribution is 5.96. The number of fused-ring (bicyclic) bond motifs is 1. The van der Waals surface area contributed by atoms with Crippen molar-refractivity contribution in [3.05, 3.63) is 41.9 Å². The number of nitrogens with zero attached hydrogens (tertiary/aromatic N) is 2. The third-order valence-electron chi connectivity index (χ3n) is 2.45. The van der Waals surface area contributed by atoms with Crippen LogP contribution in [0.3, 0.4) is 0 Å². The van der Waals surface area contributed by atoms with Crippen LogP contribution in [0.4, 0.5) is 0 Å². The SMILES string of the molecule is C=Cc1cc(C(=O)OC)c2ncc(C)n2c1. The number of aromatic nitrogens is 2. The normalized spacial score (nSPS) is 10.4. The van der Waals surface area contributed by atoms with Crippen molar-refractivity contribution in [1.29, 1.82) is 0 Å². The summed E-state index contributed by atoms with van der Waals surface area (Å²) in [5.41, 5.74) is 2.88. The summed E-state index contributed by atoms with van der Waals surface area (Å²) in [6, 6.07) is 1.72. The lowest BCUT2D eigenvalue weighted by Gasteiger charge is -2.05. The van der Waals surface area contributed by atoms with Crippen molar-refractivity contribution in [1.82, 2.24) is 9.38 Å². The number of esters is 1. The van der Waals surface area contributed by atoms with Crippen molar-refractivity contribution in [2.45, 2.75) is 6.92 Å². The van der Waals surface area contributed by atoms with Gasteiger partial charge in [0.1, 0.15) is 5.56 Å². The van der Waals surface area contributed by atoms with Crippen LogP contribution in [0.15, 0.2) is 25.0 Å². The second-order valence-corrected chi connectivity index (χ2v) is 3.48. The predicted molar refractivity (Wildman–Crippen MR) is 61.4 cm³/mol. The fourth-order valence-electron chi connectivity index (χ4n) is 1.60. The molecule has 0 spiro atoms. The Morgan fingerprint density at radius 3 is 3.00 bits per heavy atom. The van der Waals surface area contributed by atoms with Gasteiger partial charge in [-0.25, -0.2) is 9.78 Å². The van der Waals surface area contributed by atoms with Gasteiger partial charge in [0.15, 0.2) is 5.65 Å². The molecule has 0 amide bonds. The molecule has 82 valence electrons. The molecule has 2 heterocycles. The Labute approximate surface area is 93.2 Å². The van der Waals surface area contributed by atoms with Gasteiger partial charge in [-0.1, -0.05) is 12.7 Å². The molecule has 0 unspecified atom stereocenters. The zero-order valence-corrected chi connectivity index (χ0v) is 9.23. The highest BCUT2D eigenvalue weighted by atomic mass is 16.5. The Bertz CT molecular complexity index is 570. The van der Waals surface area contributed by atoms with Gasteiger partial charge in [0.2, 0.25) is 0 Å². The number of carbonyl (C=O) groups is 1. The summed E-state index contributed by atoms with van der Waals surface area (Å²) in [5, 5.41) is 0. The Morgan fingerprint density at radius 1 is 1.62 bits per heavy atom. The minimum absolute atomic E-state index is 0.390. The first-order valence-electron chi connectivity index (χ1n) is 4.86. The average molecular weight is 216 g/mol. The molecular weight excluding hydrogens is 204 g/mol. The molecule has 2 aromatic heterocycles. The van der Waals surface area contributed by atoms with E-state index >= 15 is 0 Å². The molecule has 2 aromatic rings. The van der Waals surface area contributed by atoms with Gasteiger partial charge in [-0.05, 0) is 18.6 Å². The monoisotopic (exact) mass is 216 g/mol. The molecule has 0 aromatic carbocycles. The molecule has 0 aliphatic carbocycles. The number of rotatable bonds is 2. The molecule has 0 N–H and O–H groups in total. The van der Waals surface area contributed by atoms with Crippen LogP contribution < -0.4 is 0 Å². The largest absolute Gasteiger partial charge is 0.465 e. The molecule has 4 nitrogen and oxygen atoms in total. The van der Waals surface area contributed by atoms with Crippen LogP contribution in [-0.4, -0.2) is 22.5 Å². The minimum atomic E-state index is -0.390. The van der Waals surface area contributed by atoms with E-state index in [1.807, 2.05) is 17.5 Å². The quantitative estimate of drug-likeness (QED) is 0.722. The Balaban J connectivity index is 2.79. The number of pyridine rings is 1. The van der Waals surface area contributed by atoms with Crippen molar-refractivity contribution in [3.63, 3.8) is 0 Å². The lowest BCUT2D eigenvalue weighted by molar-refractivity contribution is 0.0602. The first-order valence-corrected chi connectivity index (χ1v) is 4.86.